The Bertz CT molecular complexity index is 458. The number of carbonyl (C=O) groups is 1. The molecule has 0 radical (unpaired) electrons. The number of nitrogens with one attached hydrogen (secondary N) is 1. The third-order valence-corrected chi connectivity index (χ3v) is 2.48. The van der Waals surface area contributed by atoms with Crippen LogP contribution in [-0.4, -0.2) is 5.91 Å². The van der Waals surface area contributed by atoms with Crippen molar-refractivity contribution in [2.75, 3.05) is 5.32 Å². The van der Waals surface area contributed by atoms with E-state index in [0.29, 0.717) is 11.3 Å². The van der Waals surface area contributed by atoms with Crippen LogP contribution in [0.5, 0.6) is 0 Å². The Kier molecular flexibility index (Phi) is 3.74. The summed E-state index contributed by atoms with van der Waals surface area (Å²) in [5.41, 5.74) is -0.506. The first-order valence-electron chi connectivity index (χ1n) is 5.51. The molecule has 0 aliphatic rings. The van der Waals surface area contributed by atoms with Crippen molar-refractivity contribution in [2.45, 2.75) is 33.9 Å². The third-order valence-electron chi connectivity index (χ3n) is 2.48. The molecule has 0 unspecified atom stereocenters. The standard InChI is InChI=1S/C13H16F3NO/c1-8-7-9(13(14,15)16)5-6-10(8)17-11(18)12(2,3)4/h5-7H,1-4H3,(H,17,18). The SMILES string of the molecule is Cc1cc(C(F)(F)F)ccc1NC(=O)C(C)(C)C. The maximum atomic E-state index is 12.5. The zero-order valence-corrected chi connectivity index (χ0v) is 10.8. The van der Waals surface area contributed by atoms with Crippen LogP contribution in [-0.2, 0) is 11.0 Å². The molecule has 1 aromatic rings. The number of hydrogen-bond acceptors (Lipinski definition) is 1. The molecule has 0 aliphatic heterocycles. The monoisotopic (exact) mass is 259 g/mol. The predicted octanol–water partition coefficient (Wildman–Crippen LogP) is 4.00. The number of alkyl halides is 3. The average molecular weight is 259 g/mol. The summed E-state index contributed by atoms with van der Waals surface area (Å²) in [6.45, 7) is 6.75. The summed E-state index contributed by atoms with van der Waals surface area (Å²) in [5, 5.41) is 2.62. The van der Waals surface area contributed by atoms with Crippen molar-refractivity contribution >= 4 is 11.6 Å². The van der Waals surface area contributed by atoms with Gasteiger partial charge in [-0.25, -0.2) is 0 Å². The lowest BCUT2D eigenvalue weighted by molar-refractivity contribution is -0.137. The highest BCUT2D eigenvalue weighted by atomic mass is 19.4. The van der Waals surface area contributed by atoms with E-state index in [2.05, 4.69) is 5.32 Å². The van der Waals surface area contributed by atoms with Gasteiger partial charge in [-0.2, -0.15) is 13.2 Å². The maximum Gasteiger partial charge on any atom is 0.416 e. The first-order valence-corrected chi connectivity index (χ1v) is 5.51. The summed E-state index contributed by atoms with van der Waals surface area (Å²) in [4.78, 5) is 11.7. The van der Waals surface area contributed by atoms with Gasteiger partial charge in [0.15, 0.2) is 0 Å². The Morgan fingerprint density at radius 3 is 2.11 bits per heavy atom. The minimum absolute atomic E-state index is 0.231. The fraction of sp³-hybridized carbons (Fsp3) is 0.462. The van der Waals surface area contributed by atoms with E-state index in [1.807, 2.05) is 0 Å². The number of benzene rings is 1. The van der Waals surface area contributed by atoms with E-state index in [1.165, 1.54) is 13.0 Å². The Balaban J connectivity index is 2.98. The minimum Gasteiger partial charge on any atom is -0.325 e. The second-order valence-electron chi connectivity index (χ2n) is 5.23. The van der Waals surface area contributed by atoms with Crippen LogP contribution < -0.4 is 5.32 Å². The summed E-state index contributed by atoms with van der Waals surface area (Å²) >= 11 is 0. The van der Waals surface area contributed by atoms with Crippen LogP contribution in [0.3, 0.4) is 0 Å². The molecule has 1 amide bonds. The number of carbonyl (C=O) groups excluding carboxylic acids is 1. The van der Waals surface area contributed by atoms with Crippen molar-refractivity contribution < 1.29 is 18.0 Å². The van der Waals surface area contributed by atoms with Gasteiger partial charge in [-0.1, -0.05) is 20.8 Å². The number of rotatable bonds is 1. The van der Waals surface area contributed by atoms with Gasteiger partial charge in [0.05, 0.1) is 5.56 Å². The van der Waals surface area contributed by atoms with Crippen molar-refractivity contribution in [3.63, 3.8) is 0 Å². The molecule has 0 saturated heterocycles. The van der Waals surface area contributed by atoms with Gasteiger partial charge in [-0.15, -0.1) is 0 Å². The molecule has 100 valence electrons. The summed E-state index contributed by atoms with van der Waals surface area (Å²) in [6.07, 6.45) is -4.36. The van der Waals surface area contributed by atoms with Gasteiger partial charge >= 0.3 is 6.18 Å². The van der Waals surface area contributed by atoms with E-state index in [1.54, 1.807) is 20.8 Å². The third kappa shape index (κ3) is 3.48. The highest BCUT2D eigenvalue weighted by Gasteiger charge is 2.31. The first-order chi connectivity index (χ1) is 8.01. The van der Waals surface area contributed by atoms with Crippen LogP contribution in [0.1, 0.15) is 31.9 Å². The molecular weight excluding hydrogens is 243 g/mol. The molecule has 0 aliphatic carbocycles. The molecule has 0 aromatic heterocycles. The Morgan fingerprint density at radius 1 is 1.17 bits per heavy atom. The molecule has 0 saturated carbocycles. The summed E-state index contributed by atoms with van der Waals surface area (Å²) in [6, 6.07) is 3.27. The van der Waals surface area contributed by atoms with Crippen LogP contribution in [0.2, 0.25) is 0 Å². The molecule has 1 aromatic carbocycles. The van der Waals surface area contributed by atoms with Gasteiger partial charge in [0, 0.05) is 11.1 Å². The van der Waals surface area contributed by atoms with Gasteiger partial charge < -0.3 is 5.32 Å². The average Bonchev–Trinajstić information content (AvgIpc) is 2.17. The summed E-state index contributed by atoms with van der Waals surface area (Å²) in [7, 11) is 0. The largest absolute Gasteiger partial charge is 0.416 e. The number of hydrogen-bond donors (Lipinski definition) is 1. The number of halogens is 3. The van der Waals surface area contributed by atoms with Gasteiger partial charge in [0.1, 0.15) is 0 Å². The Labute approximate surface area is 104 Å². The van der Waals surface area contributed by atoms with Crippen molar-refractivity contribution in [1.29, 1.82) is 0 Å². The molecule has 1 N–H and O–H groups in total. The van der Waals surface area contributed by atoms with E-state index in [4.69, 9.17) is 0 Å². The number of amides is 1. The Hall–Kier alpha value is -1.52. The van der Waals surface area contributed by atoms with E-state index in [9.17, 15) is 18.0 Å². The predicted molar refractivity (Wildman–Crippen MR) is 64.3 cm³/mol. The van der Waals surface area contributed by atoms with Crippen LogP contribution in [0.4, 0.5) is 18.9 Å². The zero-order valence-electron chi connectivity index (χ0n) is 10.8. The van der Waals surface area contributed by atoms with Crippen LogP contribution in [0, 0.1) is 12.3 Å². The smallest absolute Gasteiger partial charge is 0.325 e. The normalized spacial score (nSPS) is 12.4. The molecule has 0 fully saturated rings. The highest BCUT2D eigenvalue weighted by molar-refractivity contribution is 5.95. The molecule has 2 nitrogen and oxygen atoms in total. The molecule has 5 heteroatoms. The molecule has 0 atom stereocenters. The zero-order chi connectivity index (χ0) is 14.1. The summed E-state index contributed by atoms with van der Waals surface area (Å²) < 4.78 is 37.4. The molecular formula is C13H16F3NO. The Morgan fingerprint density at radius 2 is 1.72 bits per heavy atom. The molecule has 1 rings (SSSR count). The second-order valence-corrected chi connectivity index (χ2v) is 5.23. The van der Waals surface area contributed by atoms with Crippen LogP contribution in [0.15, 0.2) is 18.2 Å². The van der Waals surface area contributed by atoms with Crippen molar-refractivity contribution in [2.24, 2.45) is 5.41 Å². The summed E-state index contributed by atoms with van der Waals surface area (Å²) in [5.74, 6) is -0.231. The number of anilines is 1. The van der Waals surface area contributed by atoms with Gasteiger partial charge in [0.25, 0.3) is 0 Å². The second kappa shape index (κ2) is 4.63. The minimum atomic E-state index is -4.36. The van der Waals surface area contributed by atoms with E-state index in [-0.39, 0.29) is 5.91 Å². The van der Waals surface area contributed by atoms with Gasteiger partial charge in [0.2, 0.25) is 5.91 Å². The number of aryl methyl sites for hydroxylation is 1. The van der Waals surface area contributed by atoms with E-state index < -0.39 is 17.2 Å². The van der Waals surface area contributed by atoms with Crippen LogP contribution >= 0.6 is 0 Å². The first kappa shape index (κ1) is 14.5. The van der Waals surface area contributed by atoms with Gasteiger partial charge in [-0.3, -0.25) is 4.79 Å². The van der Waals surface area contributed by atoms with Crippen molar-refractivity contribution in [1.82, 2.24) is 0 Å². The van der Waals surface area contributed by atoms with E-state index in [0.717, 1.165) is 12.1 Å². The highest BCUT2D eigenvalue weighted by Crippen LogP contribution is 2.31. The van der Waals surface area contributed by atoms with Crippen molar-refractivity contribution in [3.8, 4) is 0 Å². The fourth-order valence-electron chi connectivity index (χ4n) is 1.29. The van der Waals surface area contributed by atoms with Crippen molar-refractivity contribution in [3.05, 3.63) is 29.3 Å². The fourth-order valence-corrected chi connectivity index (χ4v) is 1.29. The molecule has 0 bridgehead atoms. The molecule has 18 heavy (non-hydrogen) atoms. The van der Waals surface area contributed by atoms with Gasteiger partial charge in [-0.05, 0) is 30.7 Å². The topological polar surface area (TPSA) is 29.1 Å². The molecule has 0 heterocycles. The van der Waals surface area contributed by atoms with Crippen LogP contribution in [0.25, 0.3) is 0 Å². The lowest BCUT2D eigenvalue weighted by atomic mass is 9.95. The maximum absolute atomic E-state index is 12.5. The quantitative estimate of drug-likeness (QED) is 0.811. The van der Waals surface area contributed by atoms with E-state index >= 15 is 0 Å². The lowest BCUT2D eigenvalue weighted by Crippen LogP contribution is -2.28. The molecule has 0 spiro atoms. The lowest BCUT2D eigenvalue weighted by Gasteiger charge is -2.19.